The van der Waals surface area contributed by atoms with Crippen molar-refractivity contribution >= 4 is 5.97 Å². The summed E-state index contributed by atoms with van der Waals surface area (Å²) in [6.45, 7) is 12.8. The fraction of sp³-hybridized carbons (Fsp3) is 0.432. The maximum absolute atomic E-state index is 12.0. The molecule has 0 heterocycles. The summed E-state index contributed by atoms with van der Waals surface area (Å²) in [5.74, 6) is 0.647. The predicted molar refractivity (Wildman–Crippen MR) is 170 cm³/mol. The van der Waals surface area contributed by atoms with Crippen LogP contribution in [0.2, 0.25) is 0 Å². The van der Waals surface area contributed by atoms with Gasteiger partial charge in [0.05, 0.1) is 13.2 Å². The molecule has 0 saturated carbocycles. The number of unbranched alkanes of at least 4 members (excludes halogenated alkanes) is 2. The Morgan fingerprint density at radius 3 is 2.22 bits per heavy atom. The van der Waals surface area contributed by atoms with Crippen LogP contribution in [0.5, 0.6) is 5.75 Å². The van der Waals surface area contributed by atoms with Crippen LogP contribution in [-0.4, -0.2) is 30.9 Å². The van der Waals surface area contributed by atoms with Crippen LogP contribution < -0.4 is 4.74 Å². The zero-order valence-electron chi connectivity index (χ0n) is 25.5. The average Bonchev–Trinajstić information content (AvgIpc) is 3.00. The molecule has 3 aromatic carbocycles. The van der Waals surface area contributed by atoms with E-state index in [1.807, 2.05) is 6.07 Å². The van der Waals surface area contributed by atoms with Crippen LogP contribution >= 0.6 is 0 Å². The fourth-order valence-electron chi connectivity index (χ4n) is 5.01. The van der Waals surface area contributed by atoms with Gasteiger partial charge in [0.25, 0.3) is 0 Å². The van der Waals surface area contributed by atoms with Crippen molar-refractivity contribution in [3.8, 4) is 28.0 Å². The second-order valence-electron chi connectivity index (χ2n) is 11.0. The molecular formula is C37H48O4. The number of hydrogen-bond acceptors (Lipinski definition) is 4. The second-order valence-corrected chi connectivity index (χ2v) is 11.0. The Morgan fingerprint density at radius 1 is 0.854 bits per heavy atom. The van der Waals surface area contributed by atoms with E-state index in [1.165, 1.54) is 47.1 Å². The van der Waals surface area contributed by atoms with Crippen LogP contribution in [-0.2, 0) is 28.8 Å². The third kappa shape index (κ3) is 9.60. The van der Waals surface area contributed by atoms with Gasteiger partial charge in [-0.25, -0.2) is 4.79 Å². The number of rotatable bonds is 17. The maximum atomic E-state index is 12.0. The van der Waals surface area contributed by atoms with E-state index in [0.717, 1.165) is 42.6 Å². The number of benzene rings is 3. The van der Waals surface area contributed by atoms with Crippen LogP contribution in [0.25, 0.3) is 22.3 Å². The molecule has 3 aromatic rings. The highest BCUT2D eigenvalue weighted by Crippen LogP contribution is 2.33. The van der Waals surface area contributed by atoms with Gasteiger partial charge >= 0.3 is 5.97 Å². The number of carbonyl (C=O) groups is 1. The summed E-state index contributed by atoms with van der Waals surface area (Å²) in [6.07, 6.45) is 8.08. The normalized spacial score (nSPS) is 11.7. The van der Waals surface area contributed by atoms with Gasteiger partial charge in [0.2, 0.25) is 0 Å². The molecule has 0 fully saturated rings. The Kier molecular flexibility index (Phi) is 13.2. The molecule has 0 aliphatic rings. The maximum Gasteiger partial charge on any atom is 0.333 e. The minimum Gasteiger partial charge on any atom is -0.493 e. The molecule has 1 N–H and O–H groups in total. The third-order valence-corrected chi connectivity index (χ3v) is 7.79. The van der Waals surface area contributed by atoms with Crippen LogP contribution in [0.15, 0.2) is 72.8 Å². The second kappa shape index (κ2) is 16.8. The van der Waals surface area contributed by atoms with Crippen molar-refractivity contribution in [3.63, 3.8) is 0 Å². The van der Waals surface area contributed by atoms with Crippen LogP contribution in [0, 0.1) is 5.92 Å². The summed E-state index contributed by atoms with van der Waals surface area (Å²) >= 11 is 0. The topological polar surface area (TPSA) is 55.8 Å². The summed E-state index contributed by atoms with van der Waals surface area (Å²) in [4.78, 5) is 12.0. The van der Waals surface area contributed by atoms with Crippen molar-refractivity contribution in [2.45, 2.75) is 79.1 Å². The van der Waals surface area contributed by atoms with E-state index in [1.54, 1.807) is 6.92 Å². The Hall–Kier alpha value is -3.37. The SMILES string of the molecule is C=C(C)C(=O)OCCc1cc(-c2ccc(-c3ccc(CCCCC)cc3)cc2CC)ccc1OCCC(CC)CO. The standard InChI is InChI=1S/C37H48O4/c1-6-9-10-11-29-12-14-31(15-13-29)32-16-18-35(30(8-3)24-32)33-17-19-36(40-22-20-28(7-2)26-38)34(25-33)21-23-41-37(39)27(4)5/h12-19,24-25,28,38H,4,6-11,20-23,26H2,1-3,5H3. The number of esters is 1. The fourth-order valence-corrected chi connectivity index (χ4v) is 5.01. The van der Waals surface area contributed by atoms with E-state index in [-0.39, 0.29) is 25.1 Å². The summed E-state index contributed by atoms with van der Waals surface area (Å²) < 4.78 is 11.6. The minimum atomic E-state index is -0.379. The highest BCUT2D eigenvalue weighted by Gasteiger charge is 2.13. The van der Waals surface area contributed by atoms with Gasteiger partial charge in [-0.2, -0.15) is 0 Å². The van der Waals surface area contributed by atoms with Gasteiger partial charge in [0.15, 0.2) is 0 Å². The summed E-state index contributed by atoms with van der Waals surface area (Å²) in [6, 6.07) is 22.0. The first-order chi connectivity index (χ1) is 19.9. The van der Waals surface area contributed by atoms with Gasteiger partial charge in [0.1, 0.15) is 5.75 Å². The first kappa shape index (κ1) is 32.1. The largest absolute Gasteiger partial charge is 0.493 e. The van der Waals surface area contributed by atoms with Crippen LogP contribution in [0.1, 0.15) is 76.5 Å². The van der Waals surface area contributed by atoms with Crippen LogP contribution in [0.4, 0.5) is 0 Å². The summed E-state index contributed by atoms with van der Waals surface area (Å²) in [5.41, 5.74) is 8.87. The molecule has 0 spiro atoms. The van der Waals surface area contributed by atoms with Crippen molar-refractivity contribution < 1.29 is 19.4 Å². The third-order valence-electron chi connectivity index (χ3n) is 7.79. The lowest BCUT2D eigenvalue weighted by Gasteiger charge is -2.17. The van der Waals surface area contributed by atoms with Crippen molar-refractivity contribution in [3.05, 3.63) is 89.5 Å². The zero-order valence-corrected chi connectivity index (χ0v) is 25.5. The number of carbonyl (C=O) groups excluding carboxylic acids is 1. The van der Waals surface area contributed by atoms with E-state index in [0.29, 0.717) is 18.6 Å². The Labute approximate surface area is 247 Å². The molecule has 3 rings (SSSR count). The van der Waals surface area contributed by atoms with Gasteiger partial charge in [-0.15, -0.1) is 0 Å². The molecule has 4 nitrogen and oxygen atoms in total. The molecule has 41 heavy (non-hydrogen) atoms. The molecule has 1 atom stereocenters. The average molecular weight is 557 g/mol. The van der Waals surface area contributed by atoms with Gasteiger partial charge in [0, 0.05) is 18.6 Å². The molecule has 220 valence electrons. The highest BCUT2D eigenvalue weighted by molar-refractivity contribution is 5.86. The van der Waals surface area contributed by atoms with E-state index >= 15 is 0 Å². The Morgan fingerprint density at radius 2 is 1.56 bits per heavy atom. The highest BCUT2D eigenvalue weighted by atomic mass is 16.5. The lowest BCUT2D eigenvalue weighted by atomic mass is 9.92. The van der Waals surface area contributed by atoms with Crippen molar-refractivity contribution in [2.75, 3.05) is 19.8 Å². The molecule has 1 unspecified atom stereocenters. The lowest BCUT2D eigenvalue weighted by Crippen LogP contribution is -2.12. The summed E-state index contributed by atoms with van der Waals surface area (Å²) in [5, 5.41) is 9.54. The number of hydrogen-bond donors (Lipinski definition) is 1. The molecule has 4 heteroatoms. The minimum absolute atomic E-state index is 0.168. The first-order valence-corrected chi connectivity index (χ1v) is 15.3. The summed E-state index contributed by atoms with van der Waals surface area (Å²) in [7, 11) is 0. The van der Waals surface area contributed by atoms with Gasteiger partial charge in [-0.05, 0) is 89.6 Å². The van der Waals surface area contributed by atoms with Crippen molar-refractivity contribution in [1.29, 1.82) is 0 Å². The van der Waals surface area contributed by atoms with Gasteiger partial charge < -0.3 is 14.6 Å². The molecule has 0 amide bonds. The van der Waals surface area contributed by atoms with E-state index < -0.39 is 0 Å². The zero-order chi connectivity index (χ0) is 29.6. The number of ether oxygens (including phenoxy) is 2. The quantitative estimate of drug-likeness (QED) is 0.103. The molecule has 0 saturated heterocycles. The number of aryl methyl sites for hydroxylation is 2. The number of aliphatic hydroxyl groups excluding tert-OH is 1. The van der Waals surface area contributed by atoms with Gasteiger partial charge in [-0.1, -0.05) is 95.1 Å². The Balaban J connectivity index is 1.84. The molecule has 0 aliphatic carbocycles. The first-order valence-electron chi connectivity index (χ1n) is 15.3. The number of aliphatic hydroxyl groups is 1. The van der Waals surface area contributed by atoms with E-state index in [9.17, 15) is 9.90 Å². The molecule has 0 bridgehead atoms. The molecular weight excluding hydrogens is 508 g/mol. The van der Waals surface area contributed by atoms with E-state index in [2.05, 4.69) is 81.9 Å². The smallest absolute Gasteiger partial charge is 0.333 e. The van der Waals surface area contributed by atoms with Crippen LogP contribution in [0.3, 0.4) is 0 Å². The van der Waals surface area contributed by atoms with Crippen molar-refractivity contribution in [2.24, 2.45) is 5.92 Å². The molecule has 0 aromatic heterocycles. The predicted octanol–water partition coefficient (Wildman–Crippen LogP) is 8.76. The lowest BCUT2D eigenvalue weighted by molar-refractivity contribution is -0.138. The Bertz CT molecular complexity index is 1250. The van der Waals surface area contributed by atoms with E-state index in [4.69, 9.17) is 9.47 Å². The monoisotopic (exact) mass is 556 g/mol. The van der Waals surface area contributed by atoms with Gasteiger partial charge in [-0.3, -0.25) is 0 Å². The molecule has 0 radical (unpaired) electrons. The molecule has 0 aliphatic heterocycles. The van der Waals surface area contributed by atoms with Crippen molar-refractivity contribution in [1.82, 2.24) is 0 Å².